The van der Waals surface area contributed by atoms with Crippen LogP contribution in [0.3, 0.4) is 0 Å². The van der Waals surface area contributed by atoms with E-state index in [9.17, 15) is 9.18 Å². The Morgan fingerprint density at radius 3 is 2.56 bits per heavy atom. The average molecular weight is 473 g/mol. The van der Waals surface area contributed by atoms with Crippen molar-refractivity contribution in [1.29, 1.82) is 0 Å². The molecule has 164 valence electrons. The lowest BCUT2D eigenvalue weighted by Gasteiger charge is -2.16. The van der Waals surface area contributed by atoms with Gasteiger partial charge in [0.15, 0.2) is 6.61 Å². The minimum Gasteiger partial charge on any atom is -0.483 e. The molecule has 0 aliphatic carbocycles. The number of hydrogen-bond donors (Lipinski definition) is 2. The Bertz CT molecular complexity index is 1300. The van der Waals surface area contributed by atoms with E-state index in [-0.39, 0.29) is 6.61 Å². The summed E-state index contributed by atoms with van der Waals surface area (Å²) >= 11 is 12.7. The lowest BCUT2D eigenvalue weighted by Crippen LogP contribution is -2.20. The Morgan fingerprint density at radius 2 is 1.88 bits per heavy atom. The number of rotatable bonds is 7. The molecule has 4 aromatic rings. The summed E-state index contributed by atoms with van der Waals surface area (Å²) < 4.78 is 21.4. The Morgan fingerprint density at radius 1 is 1.16 bits per heavy atom. The molecule has 1 amide bonds. The van der Waals surface area contributed by atoms with Crippen LogP contribution >= 0.6 is 23.2 Å². The van der Waals surface area contributed by atoms with Crippen molar-refractivity contribution >= 4 is 46.3 Å². The van der Waals surface area contributed by atoms with Gasteiger partial charge in [-0.3, -0.25) is 9.20 Å². The highest BCUT2D eigenvalue weighted by atomic mass is 35.5. The van der Waals surface area contributed by atoms with Crippen LogP contribution in [0.1, 0.15) is 12.5 Å². The zero-order valence-corrected chi connectivity index (χ0v) is 18.5. The van der Waals surface area contributed by atoms with Gasteiger partial charge in [-0.05, 0) is 42.3 Å². The van der Waals surface area contributed by atoms with E-state index in [4.69, 9.17) is 38.7 Å². The molecule has 32 heavy (non-hydrogen) atoms. The minimum atomic E-state index is -0.601. The highest BCUT2D eigenvalue weighted by molar-refractivity contribution is 6.39. The number of fused-ring (bicyclic) bond motifs is 1. The molecule has 0 radical (unpaired) electrons. The first-order valence-corrected chi connectivity index (χ1v) is 10.6. The molecule has 9 heteroatoms. The Labute approximate surface area is 193 Å². The number of amides is 1. The largest absolute Gasteiger partial charge is 0.483 e. The van der Waals surface area contributed by atoms with E-state index in [1.54, 1.807) is 34.7 Å². The van der Waals surface area contributed by atoms with Crippen molar-refractivity contribution in [2.45, 2.75) is 13.3 Å². The number of anilines is 2. The molecule has 0 aliphatic rings. The first-order valence-electron chi connectivity index (χ1n) is 9.81. The van der Waals surface area contributed by atoms with E-state index in [2.05, 4.69) is 5.32 Å². The summed E-state index contributed by atoms with van der Waals surface area (Å²) in [6.45, 7) is 1.70. The fourth-order valence-corrected chi connectivity index (χ4v) is 3.95. The number of nitrogens with one attached hydrogen (secondary N) is 1. The van der Waals surface area contributed by atoms with E-state index in [1.807, 2.05) is 19.1 Å². The van der Waals surface area contributed by atoms with Gasteiger partial charge in [-0.2, -0.15) is 0 Å². The topological polar surface area (TPSA) is 81.7 Å². The molecule has 0 fully saturated rings. The maximum Gasteiger partial charge on any atom is 0.255 e. The molecule has 4 rings (SSSR count). The van der Waals surface area contributed by atoms with Gasteiger partial charge in [0.1, 0.15) is 28.7 Å². The molecular weight excluding hydrogens is 454 g/mol. The van der Waals surface area contributed by atoms with Gasteiger partial charge in [-0.25, -0.2) is 9.37 Å². The van der Waals surface area contributed by atoms with Crippen LogP contribution in [0.2, 0.25) is 10.0 Å². The third kappa shape index (κ3) is 4.22. The van der Waals surface area contributed by atoms with Crippen LogP contribution in [-0.4, -0.2) is 21.9 Å². The number of carbonyl (C=O) groups is 1. The number of halogens is 3. The average Bonchev–Trinajstić information content (AvgIpc) is 3.11. The van der Waals surface area contributed by atoms with Crippen molar-refractivity contribution in [3.8, 4) is 17.0 Å². The zero-order valence-electron chi connectivity index (χ0n) is 17.0. The molecule has 2 heterocycles. The summed E-state index contributed by atoms with van der Waals surface area (Å²) in [6.07, 6.45) is 1.98. The van der Waals surface area contributed by atoms with Crippen LogP contribution in [0.15, 0.2) is 54.7 Å². The molecule has 0 saturated heterocycles. The Balaban J connectivity index is 1.98. The van der Waals surface area contributed by atoms with E-state index >= 15 is 0 Å². The number of aromatic nitrogens is 2. The summed E-state index contributed by atoms with van der Waals surface area (Å²) in [5, 5.41) is 4.01. The van der Waals surface area contributed by atoms with E-state index in [0.717, 1.165) is 5.56 Å². The molecule has 2 aromatic heterocycles. The van der Waals surface area contributed by atoms with Crippen LogP contribution in [0.5, 0.6) is 5.75 Å². The lowest BCUT2D eigenvalue weighted by molar-refractivity contribution is -0.119. The van der Waals surface area contributed by atoms with E-state index < -0.39 is 11.7 Å². The number of carbonyl (C=O) groups excluding carboxylic acids is 1. The highest BCUT2D eigenvalue weighted by Gasteiger charge is 2.22. The second-order valence-corrected chi connectivity index (χ2v) is 7.82. The van der Waals surface area contributed by atoms with Gasteiger partial charge in [-0.15, -0.1) is 0 Å². The Hall–Kier alpha value is -3.29. The number of ether oxygens (including phenoxy) is 1. The van der Waals surface area contributed by atoms with Crippen molar-refractivity contribution < 1.29 is 13.9 Å². The zero-order chi connectivity index (χ0) is 22.8. The van der Waals surface area contributed by atoms with Gasteiger partial charge in [0.2, 0.25) is 0 Å². The number of imidazole rings is 1. The molecule has 0 saturated carbocycles. The van der Waals surface area contributed by atoms with Crippen molar-refractivity contribution in [2.75, 3.05) is 11.9 Å². The van der Waals surface area contributed by atoms with Crippen molar-refractivity contribution in [2.24, 2.45) is 5.73 Å². The maximum atomic E-state index is 14.2. The molecule has 0 unspecified atom stereocenters. The number of primary amides is 1. The normalized spacial score (nSPS) is 11.0. The third-order valence-electron chi connectivity index (χ3n) is 4.89. The van der Waals surface area contributed by atoms with Crippen LogP contribution in [0, 0.1) is 5.82 Å². The first-order chi connectivity index (χ1) is 15.4. The molecule has 2 aromatic carbocycles. The number of nitrogens with zero attached hydrogens (tertiary/aromatic N) is 2. The third-order valence-corrected chi connectivity index (χ3v) is 5.52. The van der Waals surface area contributed by atoms with Crippen molar-refractivity contribution in [1.82, 2.24) is 9.38 Å². The van der Waals surface area contributed by atoms with Crippen LogP contribution in [-0.2, 0) is 11.2 Å². The quantitative estimate of drug-likeness (QED) is 0.365. The Kier molecular flexibility index (Phi) is 6.21. The van der Waals surface area contributed by atoms with Gasteiger partial charge in [0.05, 0.1) is 15.7 Å². The number of hydrogen-bond acceptors (Lipinski definition) is 4. The number of aryl methyl sites for hydroxylation is 1. The van der Waals surface area contributed by atoms with Gasteiger partial charge in [0, 0.05) is 11.8 Å². The van der Waals surface area contributed by atoms with Gasteiger partial charge >= 0.3 is 0 Å². The monoisotopic (exact) mass is 472 g/mol. The fraction of sp³-hybridized carbons (Fsp3) is 0.130. The van der Waals surface area contributed by atoms with Crippen molar-refractivity contribution in [3.05, 3.63) is 76.2 Å². The number of nitrogens with two attached hydrogens (primary N) is 1. The van der Waals surface area contributed by atoms with Gasteiger partial charge in [0.25, 0.3) is 5.91 Å². The predicted molar refractivity (Wildman–Crippen MR) is 124 cm³/mol. The summed E-state index contributed by atoms with van der Waals surface area (Å²) in [6, 6.07) is 13.5. The van der Waals surface area contributed by atoms with Crippen molar-refractivity contribution in [3.63, 3.8) is 0 Å². The highest BCUT2D eigenvalue weighted by Crippen LogP contribution is 2.41. The fourth-order valence-electron chi connectivity index (χ4n) is 3.46. The molecular formula is C23H19Cl2FN4O2. The number of pyridine rings is 1. The smallest absolute Gasteiger partial charge is 0.255 e. The van der Waals surface area contributed by atoms with E-state index in [1.165, 1.54) is 12.3 Å². The van der Waals surface area contributed by atoms with E-state index in [0.29, 0.717) is 50.6 Å². The van der Waals surface area contributed by atoms with Gasteiger partial charge < -0.3 is 15.8 Å². The molecule has 3 N–H and O–H groups in total. The van der Waals surface area contributed by atoms with Crippen LogP contribution in [0.25, 0.3) is 16.9 Å². The number of para-hydroxylation sites is 1. The molecule has 0 bridgehead atoms. The molecule has 0 atom stereocenters. The summed E-state index contributed by atoms with van der Waals surface area (Å²) in [5.74, 6) is -0.167. The molecule has 6 nitrogen and oxygen atoms in total. The second kappa shape index (κ2) is 9.06. The summed E-state index contributed by atoms with van der Waals surface area (Å²) in [7, 11) is 0. The van der Waals surface area contributed by atoms with Gasteiger partial charge in [-0.1, -0.05) is 48.3 Å². The standard InChI is InChI=1S/C23H19Cl2FN4O2/c1-2-13-5-3-8-17(32-12-18(27)31)20(13)22-23(29-21-15(24)6-4-7-16(21)25)30-11-14(26)9-10-19(30)28-22/h3-11,29H,2,12H2,1H3,(H2,27,31). The SMILES string of the molecule is CCc1cccc(OCC(N)=O)c1-c1nc2ccc(F)cn2c1Nc1c(Cl)cccc1Cl. The summed E-state index contributed by atoms with van der Waals surface area (Å²) in [5.41, 5.74) is 8.30. The lowest BCUT2D eigenvalue weighted by atomic mass is 10.0. The van der Waals surface area contributed by atoms with Crippen LogP contribution in [0.4, 0.5) is 15.9 Å². The molecule has 0 spiro atoms. The first kappa shape index (κ1) is 21.9. The van der Waals surface area contributed by atoms with Crippen LogP contribution < -0.4 is 15.8 Å². The second-order valence-electron chi connectivity index (χ2n) is 7.01. The maximum absolute atomic E-state index is 14.2. The minimum absolute atomic E-state index is 0.290. The molecule has 0 aliphatic heterocycles. The predicted octanol–water partition coefficient (Wildman–Crippen LogP) is 5.62. The summed E-state index contributed by atoms with van der Waals surface area (Å²) in [4.78, 5) is 16.1. The number of benzene rings is 2.